The minimum atomic E-state index is 0.741. The van der Waals surface area contributed by atoms with Crippen LogP contribution in [0.5, 0.6) is 0 Å². The van der Waals surface area contributed by atoms with Gasteiger partial charge in [0.25, 0.3) is 0 Å². The zero-order valence-corrected chi connectivity index (χ0v) is 12.5. The van der Waals surface area contributed by atoms with E-state index in [9.17, 15) is 0 Å². The number of hydrogen-bond acceptors (Lipinski definition) is 2. The van der Waals surface area contributed by atoms with E-state index in [0.29, 0.717) is 0 Å². The van der Waals surface area contributed by atoms with Crippen LogP contribution < -0.4 is 11.1 Å². The summed E-state index contributed by atoms with van der Waals surface area (Å²) in [6, 6.07) is 11.9. The van der Waals surface area contributed by atoms with Crippen LogP contribution in [0.3, 0.4) is 0 Å². The molecule has 3 N–H and O–H groups in total. The molecule has 0 saturated heterocycles. The third-order valence-corrected chi connectivity index (χ3v) is 3.56. The van der Waals surface area contributed by atoms with Crippen LogP contribution in [-0.4, -0.2) is 0 Å². The lowest BCUT2D eigenvalue weighted by molar-refractivity contribution is 1.44. The summed E-state index contributed by atoms with van der Waals surface area (Å²) in [5, 5.41) is 3.32. The van der Waals surface area contributed by atoms with Gasteiger partial charge in [-0.05, 0) is 58.7 Å². The zero-order chi connectivity index (χ0) is 12.4. The first kappa shape index (κ1) is 12.5. The van der Waals surface area contributed by atoms with Crippen LogP contribution >= 0.6 is 31.9 Å². The largest absolute Gasteiger partial charge is 0.397 e. The molecule has 0 saturated carbocycles. The summed E-state index contributed by atoms with van der Waals surface area (Å²) < 4.78 is 2.03. The van der Waals surface area contributed by atoms with Crippen LogP contribution in [0.4, 0.5) is 17.1 Å². The molecule has 0 aliphatic heterocycles. The molecule has 0 aromatic heterocycles. The van der Waals surface area contributed by atoms with Crippen molar-refractivity contribution in [1.82, 2.24) is 0 Å². The third-order valence-electron chi connectivity index (χ3n) is 2.41. The maximum absolute atomic E-state index is 5.93. The van der Waals surface area contributed by atoms with Crippen LogP contribution in [0.2, 0.25) is 0 Å². The summed E-state index contributed by atoms with van der Waals surface area (Å²) in [6.45, 7) is 2.04. The lowest BCUT2D eigenvalue weighted by Crippen LogP contribution is -1.97. The van der Waals surface area contributed by atoms with Gasteiger partial charge in [0, 0.05) is 8.95 Å². The van der Waals surface area contributed by atoms with E-state index in [0.717, 1.165) is 26.0 Å². The van der Waals surface area contributed by atoms with Crippen molar-refractivity contribution in [2.45, 2.75) is 6.92 Å². The lowest BCUT2D eigenvalue weighted by Gasteiger charge is -2.12. The second kappa shape index (κ2) is 5.10. The van der Waals surface area contributed by atoms with Crippen molar-refractivity contribution < 1.29 is 0 Å². The monoisotopic (exact) mass is 354 g/mol. The van der Waals surface area contributed by atoms with Crippen LogP contribution in [0, 0.1) is 6.92 Å². The number of nitrogen functional groups attached to an aromatic ring is 1. The summed E-state index contributed by atoms with van der Waals surface area (Å²) in [5.74, 6) is 0. The lowest BCUT2D eigenvalue weighted by atomic mass is 10.2. The van der Waals surface area contributed by atoms with Gasteiger partial charge in [0.1, 0.15) is 0 Å². The Morgan fingerprint density at radius 3 is 2.47 bits per heavy atom. The number of rotatable bonds is 2. The van der Waals surface area contributed by atoms with Gasteiger partial charge in [0.15, 0.2) is 0 Å². The Kier molecular flexibility index (Phi) is 3.74. The molecule has 0 fully saturated rings. The standard InChI is InChI=1S/C13H12Br2N2/c1-8-2-4-11(16)13(6-8)17-12-5-3-9(14)7-10(12)15/h2-7,17H,16H2,1H3. The van der Waals surface area contributed by atoms with E-state index in [-0.39, 0.29) is 0 Å². The van der Waals surface area contributed by atoms with Crippen molar-refractivity contribution >= 4 is 48.9 Å². The van der Waals surface area contributed by atoms with Crippen molar-refractivity contribution in [3.63, 3.8) is 0 Å². The number of hydrogen-bond donors (Lipinski definition) is 2. The minimum Gasteiger partial charge on any atom is -0.397 e. The molecule has 0 unspecified atom stereocenters. The maximum Gasteiger partial charge on any atom is 0.0620 e. The summed E-state index contributed by atoms with van der Waals surface area (Å²) >= 11 is 6.94. The molecule has 0 atom stereocenters. The number of nitrogens with two attached hydrogens (primary N) is 1. The highest BCUT2D eigenvalue weighted by Crippen LogP contribution is 2.31. The van der Waals surface area contributed by atoms with E-state index in [4.69, 9.17) is 5.73 Å². The van der Waals surface area contributed by atoms with E-state index in [1.165, 1.54) is 5.56 Å². The Morgan fingerprint density at radius 1 is 1.00 bits per heavy atom. The minimum absolute atomic E-state index is 0.741. The molecule has 2 nitrogen and oxygen atoms in total. The summed E-state index contributed by atoms with van der Waals surface area (Å²) in [4.78, 5) is 0. The van der Waals surface area contributed by atoms with Gasteiger partial charge in [-0.3, -0.25) is 0 Å². The summed E-state index contributed by atoms with van der Waals surface area (Å²) in [6.07, 6.45) is 0. The van der Waals surface area contributed by atoms with Crippen molar-refractivity contribution in [2.24, 2.45) is 0 Å². The Bertz CT molecular complexity index is 553. The number of benzene rings is 2. The van der Waals surface area contributed by atoms with E-state index in [2.05, 4.69) is 37.2 Å². The zero-order valence-electron chi connectivity index (χ0n) is 9.30. The predicted octanol–water partition coefficient (Wildman–Crippen LogP) is 4.85. The van der Waals surface area contributed by atoms with Crippen LogP contribution in [0.1, 0.15) is 5.56 Å². The molecule has 17 heavy (non-hydrogen) atoms. The average Bonchev–Trinajstić information content (AvgIpc) is 2.27. The third kappa shape index (κ3) is 3.01. The average molecular weight is 356 g/mol. The van der Waals surface area contributed by atoms with Gasteiger partial charge in [-0.2, -0.15) is 0 Å². The molecule has 0 bridgehead atoms. The highest BCUT2D eigenvalue weighted by atomic mass is 79.9. The Morgan fingerprint density at radius 2 is 1.76 bits per heavy atom. The van der Waals surface area contributed by atoms with Gasteiger partial charge in [-0.15, -0.1) is 0 Å². The van der Waals surface area contributed by atoms with Crippen LogP contribution in [0.25, 0.3) is 0 Å². The fraction of sp³-hybridized carbons (Fsp3) is 0.0769. The SMILES string of the molecule is Cc1ccc(N)c(Nc2ccc(Br)cc2Br)c1. The Balaban J connectivity index is 2.34. The number of anilines is 3. The Hall–Kier alpha value is -1.000. The predicted molar refractivity (Wildman–Crippen MR) is 80.7 cm³/mol. The molecule has 0 spiro atoms. The molecular formula is C13H12Br2N2. The summed E-state index contributed by atoms with van der Waals surface area (Å²) in [5.41, 5.74) is 9.76. The molecule has 4 heteroatoms. The first-order valence-corrected chi connectivity index (χ1v) is 6.73. The maximum atomic E-state index is 5.93. The highest BCUT2D eigenvalue weighted by Gasteiger charge is 2.04. The molecule has 2 rings (SSSR count). The summed E-state index contributed by atoms with van der Waals surface area (Å²) in [7, 11) is 0. The molecule has 0 heterocycles. The van der Waals surface area contributed by atoms with Gasteiger partial charge < -0.3 is 11.1 Å². The van der Waals surface area contributed by atoms with Crippen molar-refractivity contribution in [3.8, 4) is 0 Å². The van der Waals surface area contributed by atoms with Gasteiger partial charge in [-0.1, -0.05) is 22.0 Å². The Labute approximate surface area is 117 Å². The van der Waals surface area contributed by atoms with Gasteiger partial charge in [-0.25, -0.2) is 0 Å². The molecule has 0 radical (unpaired) electrons. The fourth-order valence-electron chi connectivity index (χ4n) is 1.51. The molecule has 2 aromatic rings. The number of nitrogens with one attached hydrogen (secondary N) is 1. The van der Waals surface area contributed by atoms with Gasteiger partial charge in [0.2, 0.25) is 0 Å². The molecule has 0 amide bonds. The molecular weight excluding hydrogens is 344 g/mol. The van der Waals surface area contributed by atoms with E-state index < -0.39 is 0 Å². The second-order valence-corrected chi connectivity index (χ2v) is 5.61. The molecule has 0 aliphatic carbocycles. The second-order valence-electron chi connectivity index (χ2n) is 3.84. The van der Waals surface area contributed by atoms with E-state index >= 15 is 0 Å². The highest BCUT2D eigenvalue weighted by molar-refractivity contribution is 9.11. The fourth-order valence-corrected chi connectivity index (χ4v) is 2.66. The van der Waals surface area contributed by atoms with Gasteiger partial charge >= 0.3 is 0 Å². The topological polar surface area (TPSA) is 38.0 Å². The first-order valence-electron chi connectivity index (χ1n) is 5.14. The number of halogens is 2. The van der Waals surface area contributed by atoms with Crippen LogP contribution in [-0.2, 0) is 0 Å². The smallest absolute Gasteiger partial charge is 0.0620 e. The quantitative estimate of drug-likeness (QED) is 0.756. The van der Waals surface area contributed by atoms with Gasteiger partial charge in [0.05, 0.1) is 17.1 Å². The van der Waals surface area contributed by atoms with E-state index in [1.807, 2.05) is 43.3 Å². The van der Waals surface area contributed by atoms with Crippen molar-refractivity contribution in [3.05, 3.63) is 50.9 Å². The normalized spacial score (nSPS) is 10.3. The molecule has 0 aliphatic rings. The van der Waals surface area contributed by atoms with Crippen molar-refractivity contribution in [2.75, 3.05) is 11.1 Å². The molecule has 88 valence electrons. The van der Waals surface area contributed by atoms with E-state index in [1.54, 1.807) is 0 Å². The first-order chi connectivity index (χ1) is 8.06. The molecule has 2 aromatic carbocycles. The number of aryl methyl sites for hydroxylation is 1. The van der Waals surface area contributed by atoms with Crippen LogP contribution in [0.15, 0.2) is 45.3 Å². The van der Waals surface area contributed by atoms with Crippen molar-refractivity contribution in [1.29, 1.82) is 0 Å².